The van der Waals surface area contributed by atoms with E-state index in [1.165, 1.54) is 44.7 Å². The molecule has 26 heavy (non-hydrogen) atoms. The van der Waals surface area contributed by atoms with E-state index in [9.17, 15) is 14.9 Å². The maximum Gasteiger partial charge on any atom is 0.263 e. The van der Waals surface area contributed by atoms with Gasteiger partial charge in [0.1, 0.15) is 11.6 Å². The molecule has 0 aromatic carbocycles. The SMILES string of the molecule is CC(NC(=O)/C(C#N)=C\NCCCNC=O)C12CC3CC(CC(C3)C1)C2. The van der Waals surface area contributed by atoms with Gasteiger partial charge in [-0.2, -0.15) is 5.26 Å². The highest BCUT2D eigenvalue weighted by Crippen LogP contribution is 2.61. The van der Waals surface area contributed by atoms with Gasteiger partial charge in [0, 0.05) is 25.3 Å². The minimum absolute atomic E-state index is 0.108. The second-order valence-electron chi connectivity index (χ2n) is 8.52. The van der Waals surface area contributed by atoms with Crippen molar-refractivity contribution < 1.29 is 9.59 Å². The number of hydrogen-bond donors (Lipinski definition) is 3. The maximum atomic E-state index is 12.5. The second-order valence-corrected chi connectivity index (χ2v) is 8.52. The fraction of sp³-hybridized carbons (Fsp3) is 0.750. The van der Waals surface area contributed by atoms with E-state index in [1.807, 2.05) is 6.07 Å². The van der Waals surface area contributed by atoms with Gasteiger partial charge in [0.2, 0.25) is 6.41 Å². The summed E-state index contributed by atoms with van der Waals surface area (Å²) in [5.41, 5.74) is 0.351. The van der Waals surface area contributed by atoms with Crippen LogP contribution in [0.1, 0.15) is 51.9 Å². The Bertz CT molecular complexity index is 572. The van der Waals surface area contributed by atoms with E-state index in [1.54, 1.807) is 0 Å². The number of carbonyl (C=O) groups is 2. The zero-order chi connectivity index (χ0) is 18.6. The van der Waals surface area contributed by atoms with Crippen molar-refractivity contribution in [2.75, 3.05) is 13.1 Å². The number of nitrogens with zero attached hydrogens (tertiary/aromatic N) is 1. The molecule has 0 aromatic rings. The van der Waals surface area contributed by atoms with E-state index in [0.29, 0.717) is 19.5 Å². The van der Waals surface area contributed by atoms with E-state index in [0.717, 1.165) is 24.2 Å². The zero-order valence-electron chi connectivity index (χ0n) is 15.6. The predicted molar refractivity (Wildman–Crippen MR) is 98.6 cm³/mol. The minimum Gasteiger partial charge on any atom is -0.390 e. The Morgan fingerprint density at radius 3 is 2.27 bits per heavy atom. The van der Waals surface area contributed by atoms with E-state index in [4.69, 9.17) is 0 Å². The van der Waals surface area contributed by atoms with Gasteiger partial charge in [0.15, 0.2) is 0 Å². The number of rotatable bonds is 9. The summed E-state index contributed by atoms with van der Waals surface area (Å²) < 4.78 is 0. The van der Waals surface area contributed by atoms with Crippen LogP contribution in [0.4, 0.5) is 0 Å². The number of amides is 2. The third kappa shape index (κ3) is 4.03. The molecule has 1 atom stereocenters. The molecule has 0 heterocycles. The summed E-state index contributed by atoms with van der Waals surface area (Å²) in [6.07, 6.45) is 10.7. The normalized spacial score (nSPS) is 33.2. The molecule has 6 nitrogen and oxygen atoms in total. The van der Waals surface area contributed by atoms with Crippen LogP contribution in [0.2, 0.25) is 0 Å². The Kier molecular flexibility index (Phi) is 5.85. The largest absolute Gasteiger partial charge is 0.390 e. The van der Waals surface area contributed by atoms with Crippen LogP contribution in [-0.2, 0) is 9.59 Å². The maximum absolute atomic E-state index is 12.5. The molecule has 0 saturated heterocycles. The number of nitrogens with one attached hydrogen (secondary N) is 3. The highest BCUT2D eigenvalue weighted by molar-refractivity contribution is 5.97. The smallest absolute Gasteiger partial charge is 0.263 e. The lowest BCUT2D eigenvalue weighted by Gasteiger charge is -2.59. The summed E-state index contributed by atoms with van der Waals surface area (Å²) in [4.78, 5) is 22.7. The van der Waals surface area contributed by atoms with Gasteiger partial charge < -0.3 is 16.0 Å². The lowest BCUT2D eigenvalue weighted by atomic mass is 9.48. The first-order chi connectivity index (χ1) is 12.6. The number of carbonyl (C=O) groups excluding carboxylic acids is 2. The molecule has 4 bridgehead atoms. The summed E-state index contributed by atoms with van der Waals surface area (Å²) in [6, 6.07) is 2.11. The van der Waals surface area contributed by atoms with Crippen molar-refractivity contribution >= 4 is 12.3 Å². The molecule has 2 amide bonds. The van der Waals surface area contributed by atoms with Crippen LogP contribution in [0.25, 0.3) is 0 Å². The average molecular weight is 358 g/mol. The van der Waals surface area contributed by atoms with Gasteiger partial charge >= 0.3 is 0 Å². The molecule has 3 N–H and O–H groups in total. The molecular formula is C20H30N4O2. The average Bonchev–Trinajstić information content (AvgIpc) is 2.60. The van der Waals surface area contributed by atoms with Crippen LogP contribution in [0.3, 0.4) is 0 Å². The van der Waals surface area contributed by atoms with Gasteiger partial charge in [-0.3, -0.25) is 9.59 Å². The molecular weight excluding hydrogens is 328 g/mol. The third-order valence-electron chi connectivity index (χ3n) is 6.69. The fourth-order valence-corrected chi connectivity index (χ4v) is 5.81. The lowest BCUT2D eigenvalue weighted by Crippen LogP contribution is -2.56. The molecule has 4 rings (SSSR count). The summed E-state index contributed by atoms with van der Waals surface area (Å²) >= 11 is 0. The van der Waals surface area contributed by atoms with E-state index >= 15 is 0 Å². The van der Waals surface area contributed by atoms with Crippen molar-refractivity contribution in [1.29, 1.82) is 5.26 Å². The van der Waals surface area contributed by atoms with Crippen molar-refractivity contribution in [3.05, 3.63) is 11.8 Å². The van der Waals surface area contributed by atoms with Gasteiger partial charge in [0.05, 0.1) is 0 Å². The quantitative estimate of drug-likeness (QED) is 0.254. The predicted octanol–water partition coefficient (Wildman–Crippen LogP) is 1.84. The Hall–Kier alpha value is -2.03. The first-order valence-corrected chi connectivity index (χ1v) is 9.88. The van der Waals surface area contributed by atoms with Crippen LogP contribution in [0, 0.1) is 34.5 Å². The lowest BCUT2D eigenvalue weighted by molar-refractivity contribution is -0.122. The van der Waals surface area contributed by atoms with Crippen LogP contribution in [0.5, 0.6) is 0 Å². The van der Waals surface area contributed by atoms with Gasteiger partial charge in [-0.15, -0.1) is 0 Å². The number of nitriles is 1. The van der Waals surface area contributed by atoms with Crippen molar-refractivity contribution in [2.45, 2.75) is 57.9 Å². The Balaban J connectivity index is 1.53. The summed E-state index contributed by atoms with van der Waals surface area (Å²) in [5, 5.41) is 18.0. The Labute approximate surface area is 155 Å². The summed E-state index contributed by atoms with van der Waals surface area (Å²) in [5.74, 6) is 2.24. The van der Waals surface area contributed by atoms with Crippen molar-refractivity contribution in [3.8, 4) is 6.07 Å². The molecule has 6 heteroatoms. The molecule has 0 aromatic heterocycles. The van der Waals surface area contributed by atoms with Crippen LogP contribution < -0.4 is 16.0 Å². The molecule has 4 aliphatic rings. The van der Waals surface area contributed by atoms with E-state index in [2.05, 4.69) is 22.9 Å². The Morgan fingerprint density at radius 2 is 1.73 bits per heavy atom. The van der Waals surface area contributed by atoms with Gasteiger partial charge in [-0.25, -0.2) is 0 Å². The topological polar surface area (TPSA) is 94.0 Å². The third-order valence-corrected chi connectivity index (χ3v) is 6.69. The van der Waals surface area contributed by atoms with Crippen LogP contribution >= 0.6 is 0 Å². The highest BCUT2D eigenvalue weighted by atomic mass is 16.1. The molecule has 0 aliphatic heterocycles. The molecule has 4 saturated carbocycles. The van der Waals surface area contributed by atoms with Crippen molar-refractivity contribution in [1.82, 2.24) is 16.0 Å². The zero-order valence-corrected chi connectivity index (χ0v) is 15.6. The van der Waals surface area contributed by atoms with Crippen LogP contribution in [-0.4, -0.2) is 31.4 Å². The molecule has 1 unspecified atom stereocenters. The van der Waals surface area contributed by atoms with Gasteiger partial charge in [-0.05, 0) is 75.0 Å². The first kappa shape index (κ1) is 18.8. The highest BCUT2D eigenvalue weighted by Gasteiger charge is 2.53. The van der Waals surface area contributed by atoms with Gasteiger partial charge in [-0.1, -0.05) is 0 Å². The summed E-state index contributed by atoms with van der Waals surface area (Å²) in [7, 11) is 0. The van der Waals surface area contributed by atoms with Crippen LogP contribution in [0.15, 0.2) is 11.8 Å². The standard InChI is InChI=1S/C20H30N4O2/c1-14(20-8-15-5-16(9-20)7-17(6-15)10-20)24-19(26)18(11-21)12-22-3-2-4-23-13-25/h12-17,22H,2-10H2,1H3,(H,23,25)(H,24,26)/b18-12-. The molecule has 0 spiro atoms. The summed E-state index contributed by atoms with van der Waals surface area (Å²) in [6.45, 7) is 3.30. The molecule has 4 aliphatic carbocycles. The number of hydrogen-bond acceptors (Lipinski definition) is 4. The second kappa shape index (κ2) is 8.11. The van der Waals surface area contributed by atoms with E-state index in [-0.39, 0.29) is 22.9 Å². The van der Waals surface area contributed by atoms with Gasteiger partial charge in [0.25, 0.3) is 5.91 Å². The first-order valence-electron chi connectivity index (χ1n) is 9.88. The monoisotopic (exact) mass is 358 g/mol. The molecule has 142 valence electrons. The molecule has 0 radical (unpaired) electrons. The van der Waals surface area contributed by atoms with Crippen molar-refractivity contribution in [3.63, 3.8) is 0 Å². The van der Waals surface area contributed by atoms with Crippen molar-refractivity contribution in [2.24, 2.45) is 23.2 Å². The fourth-order valence-electron chi connectivity index (χ4n) is 5.81. The van der Waals surface area contributed by atoms with E-state index < -0.39 is 0 Å². The Morgan fingerprint density at radius 1 is 1.15 bits per heavy atom. The molecule has 4 fully saturated rings. The minimum atomic E-state index is -0.283.